The Bertz CT molecular complexity index is 717. The van der Waals surface area contributed by atoms with E-state index in [0.717, 1.165) is 15.8 Å². The highest BCUT2D eigenvalue weighted by molar-refractivity contribution is 9.10. The van der Waals surface area contributed by atoms with Gasteiger partial charge < -0.3 is 14.2 Å². The summed E-state index contributed by atoms with van der Waals surface area (Å²) in [6.45, 7) is -0.140. The number of nitrogens with one attached hydrogen (secondary N) is 1. The van der Waals surface area contributed by atoms with Gasteiger partial charge in [-0.1, -0.05) is 15.9 Å². The monoisotopic (exact) mass is 392 g/mol. The maximum Gasteiger partial charge on any atom is 0.277 e. The molecule has 0 aliphatic heterocycles. The van der Waals surface area contributed by atoms with Crippen LogP contribution >= 0.6 is 15.9 Å². The average Bonchev–Trinajstić information content (AvgIpc) is 2.60. The molecule has 0 aromatic heterocycles. The van der Waals surface area contributed by atoms with Crippen LogP contribution in [0.15, 0.2) is 52.0 Å². The lowest BCUT2D eigenvalue weighted by Crippen LogP contribution is -2.24. The SMILES string of the molecule is COc1ccc(OCC(=O)N/N=C/c2cc(Br)ccc2OC)cc1. The van der Waals surface area contributed by atoms with E-state index < -0.39 is 0 Å². The Morgan fingerprint density at radius 1 is 1.12 bits per heavy atom. The molecule has 126 valence electrons. The van der Waals surface area contributed by atoms with Gasteiger partial charge in [-0.05, 0) is 42.5 Å². The second-order valence-electron chi connectivity index (χ2n) is 4.64. The molecule has 0 unspecified atom stereocenters. The average molecular weight is 393 g/mol. The van der Waals surface area contributed by atoms with Crippen LogP contribution in [0.2, 0.25) is 0 Å². The zero-order valence-electron chi connectivity index (χ0n) is 13.3. The quantitative estimate of drug-likeness (QED) is 0.580. The minimum atomic E-state index is -0.365. The highest BCUT2D eigenvalue weighted by atomic mass is 79.9. The van der Waals surface area contributed by atoms with Crippen molar-refractivity contribution in [3.63, 3.8) is 0 Å². The van der Waals surface area contributed by atoms with Gasteiger partial charge in [0.25, 0.3) is 5.91 Å². The number of hydrogen-bond donors (Lipinski definition) is 1. The van der Waals surface area contributed by atoms with Crippen molar-refractivity contribution in [1.29, 1.82) is 0 Å². The number of hydrogen-bond acceptors (Lipinski definition) is 5. The van der Waals surface area contributed by atoms with E-state index in [4.69, 9.17) is 14.2 Å². The standard InChI is InChI=1S/C17H17BrN2O4/c1-22-14-4-6-15(7-5-14)24-11-17(21)20-19-10-12-9-13(18)3-8-16(12)23-2/h3-10H,11H2,1-2H3,(H,20,21)/b19-10+. The Labute approximate surface area is 148 Å². The molecule has 24 heavy (non-hydrogen) atoms. The molecule has 0 fully saturated rings. The topological polar surface area (TPSA) is 69.2 Å². The molecule has 0 heterocycles. The third kappa shape index (κ3) is 5.27. The number of ether oxygens (including phenoxy) is 3. The lowest BCUT2D eigenvalue weighted by molar-refractivity contribution is -0.123. The van der Waals surface area contributed by atoms with E-state index in [0.29, 0.717) is 11.5 Å². The van der Waals surface area contributed by atoms with Crippen molar-refractivity contribution < 1.29 is 19.0 Å². The van der Waals surface area contributed by atoms with Gasteiger partial charge in [0.2, 0.25) is 0 Å². The number of amides is 1. The molecule has 6 nitrogen and oxygen atoms in total. The minimum Gasteiger partial charge on any atom is -0.497 e. The number of halogens is 1. The Kier molecular flexibility index (Phi) is 6.62. The predicted molar refractivity (Wildman–Crippen MR) is 94.9 cm³/mol. The van der Waals surface area contributed by atoms with Crippen molar-refractivity contribution in [2.75, 3.05) is 20.8 Å². The van der Waals surface area contributed by atoms with E-state index in [1.54, 1.807) is 44.6 Å². The van der Waals surface area contributed by atoms with Crippen LogP contribution in [0.3, 0.4) is 0 Å². The number of carbonyl (C=O) groups excluding carboxylic acids is 1. The van der Waals surface area contributed by atoms with Crippen molar-refractivity contribution in [1.82, 2.24) is 5.43 Å². The van der Waals surface area contributed by atoms with Crippen LogP contribution in [0.25, 0.3) is 0 Å². The number of nitrogens with zero attached hydrogens (tertiary/aromatic N) is 1. The summed E-state index contributed by atoms with van der Waals surface area (Å²) in [5.41, 5.74) is 3.14. The molecule has 0 aliphatic rings. The van der Waals surface area contributed by atoms with Gasteiger partial charge >= 0.3 is 0 Å². The fraction of sp³-hybridized carbons (Fsp3) is 0.176. The first kappa shape index (κ1) is 17.8. The Morgan fingerprint density at radius 2 is 1.83 bits per heavy atom. The van der Waals surface area contributed by atoms with Crippen molar-refractivity contribution >= 4 is 28.1 Å². The number of benzene rings is 2. The smallest absolute Gasteiger partial charge is 0.277 e. The first-order chi connectivity index (χ1) is 11.6. The van der Waals surface area contributed by atoms with Crippen LogP contribution in [-0.4, -0.2) is 32.9 Å². The summed E-state index contributed by atoms with van der Waals surface area (Å²) in [5, 5.41) is 3.91. The molecule has 1 N–H and O–H groups in total. The summed E-state index contributed by atoms with van der Waals surface area (Å²) in [6, 6.07) is 12.5. The molecule has 0 spiro atoms. The molecule has 2 rings (SSSR count). The van der Waals surface area contributed by atoms with E-state index in [2.05, 4.69) is 26.5 Å². The van der Waals surface area contributed by atoms with Crippen LogP contribution in [0, 0.1) is 0 Å². The molecule has 0 atom stereocenters. The van der Waals surface area contributed by atoms with Crippen LogP contribution in [0.1, 0.15) is 5.56 Å². The lowest BCUT2D eigenvalue weighted by Gasteiger charge is -2.06. The van der Waals surface area contributed by atoms with E-state index in [-0.39, 0.29) is 12.5 Å². The molecular formula is C17H17BrN2O4. The van der Waals surface area contributed by atoms with Crippen molar-refractivity contribution in [3.05, 3.63) is 52.5 Å². The fourth-order valence-corrected chi connectivity index (χ4v) is 2.21. The molecule has 0 bridgehead atoms. The Morgan fingerprint density at radius 3 is 2.50 bits per heavy atom. The largest absolute Gasteiger partial charge is 0.497 e. The summed E-state index contributed by atoms with van der Waals surface area (Å²) in [4.78, 5) is 11.7. The molecule has 2 aromatic rings. The highest BCUT2D eigenvalue weighted by Crippen LogP contribution is 2.21. The van der Waals surface area contributed by atoms with Gasteiger partial charge in [-0.2, -0.15) is 5.10 Å². The van der Waals surface area contributed by atoms with Crippen LogP contribution in [-0.2, 0) is 4.79 Å². The van der Waals surface area contributed by atoms with Crippen molar-refractivity contribution in [3.8, 4) is 17.2 Å². The lowest BCUT2D eigenvalue weighted by atomic mass is 10.2. The van der Waals surface area contributed by atoms with Crippen LogP contribution in [0.5, 0.6) is 17.2 Å². The number of rotatable bonds is 7. The van der Waals surface area contributed by atoms with Gasteiger partial charge in [-0.3, -0.25) is 4.79 Å². The fourth-order valence-electron chi connectivity index (χ4n) is 1.83. The maximum atomic E-state index is 11.7. The van der Waals surface area contributed by atoms with Gasteiger partial charge in [-0.15, -0.1) is 0 Å². The van der Waals surface area contributed by atoms with Gasteiger partial charge in [-0.25, -0.2) is 5.43 Å². The summed E-state index contributed by atoms with van der Waals surface area (Å²) in [5.74, 6) is 1.59. The van der Waals surface area contributed by atoms with Crippen molar-refractivity contribution in [2.24, 2.45) is 5.10 Å². The molecule has 0 saturated carbocycles. The number of methoxy groups -OCH3 is 2. The van der Waals surface area contributed by atoms with Crippen LogP contribution < -0.4 is 19.6 Å². The second kappa shape index (κ2) is 8.93. The molecular weight excluding hydrogens is 376 g/mol. The molecule has 0 aliphatic carbocycles. The number of hydrazone groups is 1. The first-order valence-corrected chi connectivity index (χ1v) is 7.84. The zero-order chi connectivity index (χ0) is 17.4. The minimum absolute atomic E-state index is 0.140. The molecule has 2 aromatic carbocycles. The molecule has 0 radical (unpaired) electrons. The van der Waals surface area contributed by atoms with Gasteiger partial charge in [0, 0.05) is 10.0 Å². The number of carbonyl (C=O) groups is 1. The molecule has 7 heteroatoms. The highest BCUT2D eigenvalue weighted by Gasteiger charge is 2.03. The van der Waals surface area contributed by atoms with E-state index in [1.165, 1.54) is 6.21 Å². The van der Waals surface area contributed by atoms with Gasteiger partial charge in [0.15, 0.2) is 6.61 Å². The third-order valence-electron chi connectivity index (χ3n) is 3.01. The Hall–Kier alpha value is -2.54. The summed E-state index contributed by atoms with van der Waals surface area (Å²) < 4.78 is 16.5. The zero-order valence-corrected chi connectivity index (χ0v) is 14.9. The molecule has 0 saturated heterocycles. The van der Waals surface area contributed by atoms with E-state index in [1.807, 2.05) is 12.1 Å². The summed E-state index contributed by atoms with van der Waals surface area (Å²) in [6.07, 6.45) is 1.51. The normalized spacial score (nSPS) is 10.5. The van der Waals surface area contributed by atoms with E-state index in [9.17, 15) is 4.79 Å². The predicted octanol–water partition coefficient (Wildman–Crippen LogP) is 3.00. The molecule has 1 amide bonds. The van der Waals surface area contributed by atoms with Crippen molar-refractivity contribution in [2.45, 2.75) is 0 Å². The van der Waals surface area contributed by atoms with Crippen LogP contribution in [0.4, 0.5) is 0 Å². The Balaban J connectivity index is 1.85. The summed E-state index contributed by atoms with van der Waals surface area (Å²) >= 11 is 3.37. The maximum absolute atomic E-state index is 11.7. The van der Waals surface area contributed by atoms with Gasteiger partial charge in [0.1, 0.15) is 17.2 Å². The van der Waals surface area contributed by atoms with Gasteiger partial charge in [0.05, 0.1) is 20.4 Å². The summed E-state index contributed by atoms with van der Waals surface area (Å²) in [7, 11) is 3.16. The first-order valence-electron chi connectivity index (χ1n) is 7.04. The van der Waals surface area contributed by atoms with E-state index >= 15 is 0 Å². The second-order valence-corrected chi connectivity index (χ2v) is 5.56. The third-order valence-corrected chi connectivity index (χ3v) is 3.51.